The van der Waals surface area contributed by atoms with Gasteiger partial charge in [-0.05, 0) is 38.3 Å². The molecule has 1 fully saturated rings. The summed E-state index contributed by atoms with van der Waals surface area (Å²) in [5, 5.41) is 3.03. The molecular formula is C15H24N2O2. The molecule has 0 saturated heterocycles. The molecule has 1 aliphatic rings. The number of nitrogens with one attached hydrogen (secondary N) is 1. The van der Waals surface area contributed by atoms with E-state index in [0.717, 1.165) is 44.3 Å². The SMILES string of the molecule is CC(CCc1ccco1)NC(=O)CC1(N)CCCC1. The zero-order chi connectivity index (χ0) is 13.7. The number of aryl methyl sites for hydroxylation is 1. The molecule has 1 aromatic rings. The first-order chi connectivity index (χ1) is 9.07. The van der Waals surface area contributed by atoms with Crippen molar-refractivity contribution in [1.82, 2.24) is 5.32 Å². The highest BCUT2D eigenvalue weighted by atomic mass is 16.3. The highest BCUT2D eigenvalue weighted by Crippen LogP contribution is 2.29. The third-order valence-electron chi connectivity index (χ3n) is 3.92. The molecule has 1 amide bonds. The van der Waals surface area contributed by atoms with Gasteiger partial charge in [-0.2, -0.15) is 0 Å². The quantitative estimate of drug-likeness (QED) is 0.829. The van der Waals surface area contributed by atoms with E-state index in [4.69, 9.17) is 10.2 Å². The average Bonchev–Trinajstić information content (AvgIpc) is 2.97. The topological polar surface area (TPSA) is 68.3 Å². The van der Waals surface area contributed by atoms with Gasteiger partial charge in [-0.25, -0.2) is 0 Å². The first-order valence-corrected chi connectivity index (χ1v) is 7.18. The summed E-state index contributed by atoms with van der Waals surface area (Å²) >= 11 is 0. The summed E-state index contributed by atoms with van der Waals surface area (Å²) in [6.45, 7) is 2.03. The minimum atomic E-state index is -0.259. The molecule has 1 aromatic heterocycles. The lowest BCUT2D eigenvalue weighted by molar-refractivity contribution is -0.122. The van der Waals surface area contributed by atoms with Gasteiger partial charge in [0.15, 0.2) is 0 Å². The van der Waals surface area contributed by atoms with Gasteiger partial charge >= 0.3 is 0 Å². The van der Waals surface area contributed by atoms with Crippen LogP contribution in [-0.2, 0) is 11.2 Å². The van der Waals surface area contributed by atoms with Crippen molar-refractivity contribution in [2.24, 2.45) is 5.73 Å². The first-order valence-electron chi connectivity index (χ1n) is 7.18. The Hall–Kier alpha value is -1.29. The van der Waals surface area contributed by atoms with Gasteiger partial charge in [-0.3, -0.25) is 4.79 Å². The van der Waals surface area contributed by atoms with Crippen LogP contribution in [0.5, 0.6) is 0 Å². The minimum absolute atomic E-state index is 0.0799. The summed E-state index contributed by atoms with van der Waals surface area (Å²) in [6.07, 6.45) is 8.12. The second kappa shape index (κ2) is 6.24. The van der Waals surface area contributed by atoms with Crippen molar-refractivity contribution in [3.05, 3.63) is 24.2 Å². The number of amides is 1. The molecule has 1 unspecified atom stereocenters. The van der Waals surface area contributed by atoms with Crippen LogP contribution in [0.1, 0.15) is 51.2 Å². The molecule has 0 spiro atoms. The molecule has 0 aliphatic heterocycles. The number of furan rings is 1. The highest BCUT2D eigenvalue weighted by molar-refractivity contribution is 5.77. The molecule has 0 radical (unpaired) electrons. The Bertz CT molecular complexity index is 394. The summed E-state index contributed by atoms with van der Waals surface area (Å²) < 4.78 is 5.28. The van der Waals surface area contributed by atoms with E-state index in [2.05, 4.69) is 5.32 Å². The Morgan fingerprint density at radius 3 is 2.89 bits per heavy atom. The minimum Gasteiger partial charge on any atom is -0.469 e. The first kappa shape index (κ1) is 14.1. The van der Waals surface area contributed by atoms with Gasteiger partial charge < -0.3 is 15.5 Å². The highest BCUT2D eigenvalue weighted by Gasteiger charge is 2.31. The van der Waals surface area contributed by atoms with Crippen molar-refractivity contribution in [3.8, 4) is 0 Å². The molecule has 1 saturated carbocycles. The predicted octanol–water partition coefficient (Wildman–Crippen LogP) is 2.38. The summed E-state index contributed by atoms with van der Waals surface area (Å²) in [5.41, 5.74) is 5.95. The number of nitrogens with two attached hydrogens (primary N) is 1. The summed E-state index contributed by atoms with van der Waals surface area (Å²) in [6, 6.07) is 4.00. The molecule has 0 aromatic carbocycles. The Balaban J connectivity index is 1.69. The van der Waals surface area contributed by atoms with Gasteiger partial charge in [0, 0.05) is 24.4 Å². The lowest BCUT2D eigenvalue weighted by atomic mass is 9.94. The second-order valence-corrected chi connectivity index (χ2v) is 5.83. The fourth-order valence-electron chi connectivity index (χ4n) is 2.79. The number of hydrogen-bond acceptors (Lipinski definition) is 3. The van der Waals surface area contributed by atoms with E-state index >= 15 is 0 Å². The van der Waals surface area contributed by atoms with Crippen LogP contribution >= 0.6 is 0 Å². The van der Waals surface area contributed by atoms with Crippen molar-refractivity contribution >= 4 is 5.91 Å². The van der Waals surface area contributed by atoms with E-state index < -0.39 is 0 Å². The fraction of sp³-hybridized carbons (Fsp3) is 0.667. The molecule has 19 heavy (non-hydrogen) atoms. The monoisotopic (exact) mass is 264 g/mol. The van der Waals surface area contributed by atoms with E-state index in [1.54, 1.807) is 6.26 Å². The number of hydrogen-bond donors (Lipinski definition) is 2. The van der Waals surface area contributed by atoms with Crippen molar-refractivity contribution in [1.29, 1.82) is 0 Å². The fourth-order valence-corrected chi connectivity index (χ4v) is 2.79. The maximum Gasteiger partial charge on any atom is 0.222 e. The molecule has 4 nitrogen and oxygen atoms in total. The van der Waals surface area contributed by atoms with Crippen LogP contribution in [0.4, 0.5) is 0 Å². The third kappa shape index (κ3) is 4.39. The predicted molar refractivity (Wildman–Crippen MR) is 74.6 cm³/mol. The lowest BCUT2D eigenvalue weighted by Gasteiger charge is -2.24. The number of carbonyl (C=O) groups is 1. The Morgan fingerprint density at radius 2 is 2.26 bits per heavy atom. The van der Waals surface area contributed by atoms with Gasteiger partial charge in [0.1, 0.15) is 5.76 Å². The van der Waals surface area contributed by atoms with E-state index in [1.165, 1.54) is 0 Å². The molecule has 106 valence electrons. The summed E-state index contributed by atoms with van der Waals surface area (Å²) in [5.74, 6) is 1.04. The van der Waals surface area contributed by atoms with Gasteiger partial charge in [0.2, 0.25) is 5.91 Å². The van der Waals surface area contributed by atoms with Crippen molar-refractivity contribution in [3.63, 3.8) is 0 Å². The second-order valence-electron chi connectivity index (χ2n) is 5.83. The lowest BCUT2D eigenvalue weighted by Crippen LogP contribution is -2.44. The molecule has 1 aliphatic carbocycles. The molecule has 3 N–H and O–H groups in total. The van der Waals surface area contributed by atoms with Crippen LogP contribution in [0.3, 0.4) is 0 Å². The number of rotatable bonds is 6. The van der Waals surface area contributed by atoms with Gasteiger partial charge in [-0.1, -0.05) is 12.8 Å². The maximum atomic E-state index is 12.0. The molecule has 4 heteroatoms. The average molecular weight is 264 g/mol. The van der Waals surface area contributed by atoms with E-state index in [9.17, 15) is 4.79 Å². The zero-order valence-electron chi connectivity index (χ0n) is 11.7. The third-order valence-corrected chi connectivity index (χ3v) is 3.92. The van der Waals surface area contributed by atoms with Crippen molar-refractivity contribution < 1.29 is 9.21 Å². The van der Waals surface area contributed by atoms with Crippen LogP contribution in [0, 0.1) is 0 Å². The Labute approximate surface area is 114 Å². The van der Waals surface area contributed by atoms with Gasteiger partial charge in [-0.15, -0.1) is 0 Å². The van der Waals surface area contributed by atoms with Gasteiger partial charge in [0.25, 0.3) is 0 Å². The summed E-state index contributed by atoms with van der Waals surface area (Å²) in [7, 11) is 0. The zero-order valence-corrected chi connectivity index (χ0v) is 11.7. The van der Waals surface area contributed by atoms with Crippen LogP contribution < -0.4 is 11.1 Å². The van der Waals surface area contributed by atoms with Gasteiger partial charge in [0.05, 0.1) is 6.26 Å². The molecule has 0 bridgehead atoms. The summed E-state index contributed by atoms with van der Waals surface area (Å²) in [4.78, 5) is 12.0. The molecule has 2 rings (SSSR count). The molecule has 1 atom stereocenters. The van der Waals surface area contributed by atoms with Crippen LogP contribution in [0.2, 0.25) is 0 Å². The normalized spacial score (nSPS) is 19.3. The van der Waals surface area contributed by atoms with Crippen LogP contribution in [-0.4, -0.2) is 17.5 Å². The largest absolute Gasteiger partial charge is 0.469 e. The van der Waals surface area contributed by atoms with E-state index in [1.807, 2.05) is 19.1 Å². The van der Waals surface area contributed by atoms with Crippen LogP contribution in [0.15, 0.2) is 22.8 Å². The molecule has 1 heterocycles. The standard InChI is InChI=1S/C15H24N2O2/c1-12(6-7-13-5-4-10-19-13)17-14(18)11-15(16)8-2-3-9-15/h4-5,10,12H,2-3,6-9,11,16H2,1H3,(H,17,18). The molecular weight excluding hydrogens is 240 g/mol. The van der Waals surface area contributed by atoms with E-state index in [0.29, 0.717) is 6.42 Å². The van der Waals surface area contributed by atoms with E-state index in [-0.39, 0.29) is 17.5 Å². The number of carbonyl (C=O) groups excluding carboxylic acids is 1. The van der Waals surface area contributed by atoms with Crippen molar-refractivity contribution in [2.75, 3.05) is 0 Å². The van der Waals surface area contributed by atoms with Crippen molar-refractivity contribution in [2.45, 2.75) is 63.5 Å². The Kier molecular flexibility index (Phi) is 4.64. The smallest absolute Gasteiger partial charge is 0.222 e. The maximum absolute atomic E-state index is 12.0. The van der Waals surface area contributed by atoms with Crippen LogP contribution in [0.25, 0.3) is 0 Å². The Morgan fingerprint density at radius 1 is 1.53 bits per heavy atom.